The molecule has 0 atom stereocenters. The highest BCUT2D eigenvalue weighted by molar-refractivity contribution is 7.99. The van der Waals surface area contributed by atoms with Gasteiger partial charge in [-0.25, -0.2) is 4.98 Å². The highest BCUT2D eigenvalue weighted by Crippen LogP contribution is 2.32. The lowest BCUT2D eigenvalue weighted by Gasteiger charge is -2.07. The minimum absolute atomic E-state index is 0.0811. The Morgan fingerprint density at radius 1 is 1.31 bits per heavy atom. The first kappa shape index (κ1) is 11.4. The first-order valence-electron chi connectivity index (χ1n) is 4.63. The Labute approximate surface area is 103 Å². The maximum absolute atomic E-state index is 9.24. The molecule has 0 spiro atoms. The number of hydrogen-bond donors (Lipinski definition) is 1. The molecule has 0 aliphatic carbocycles. The van der Waals surface area contributed by atoms with E-state index in [1.54, 1.807) is 24.7 Å². The van der Waals surface area contributed by atoms with Crippen LogP contribution in [0.4, 0.5) is 0 Å². The van der Waals surface area contributed by atoms with Crippen molar-refractivity contribution in [1.29, 1.82) is 0 Å². The van der Waals surface area contributed by atoms with E-state index in [9.17, 15) is 5.11 Å². The lowest BCUT2D eigenvalue weighted by molar-refractivity contribution is 0.279. The SMILES string of the molecule is OCc1c(Cl)cccc1Sc1cnccn1. The zero-order valence-corrected chi connectivity index (χ0v) is 9.87. The zero-order valence-electron chi connectivity index (χ0n) is 8.30. The molecule has 0 aliphatic rings. The fraction of sp³-hybridized carbons (Fsp3) is 0.0909. The maximum atomic E-state index is 9.24. The molecule has 1 heterocycles. The molecule has 1 N–H and O–H groups in total. The molecule has 0 fully saturated rings. The summed E-state index contributed by atoms with van der Waals surface area (Å²) in [5.74, 6) is 0. The molecule has 2 rings (SSSR count). The van der Waals surface area contributed by atoms with Crippen molar-refractivity contribution in [2.24, 2.45) is 0 Å². The summed E-state index contributed by atoms with van der Waals surface area (Å²) in [5.41, 5.74) is 0.722. The average Bonchev–Trinajstić information content (AvgIpc) is 2.31. The van der Waals surface area contributed by atoms with Crippen LogP contribution in [0, 0.1) is 0 Å². The van der Waals surface area contributed by atoms with E-state index >= 15 is 0 Å². The molecule has 0 radical (unpaired) electrons. The van der Waals surface area contributed by atoms with Crippen molar-refractivity contribution in [3.8, 4) is 0 Å². The smallest absolute Gasteiger partial charge is 0.119 e. The molecule has 1 aromatic carbocycles. The second-order valence-corrected chi connectivity index (χ2v) is 4.49. The van der Waals surface area contributed by atoms with Crippen LogP contribution in [0.3, 0.4) is 0 Å². The molecule has 3 nitrogen and oxygen atoms in total. The molecule has 5 heteroatoms. The van der Waals surface area contributed by atoms with Crippen molar-refractivity contribution < 1.29 is 5.11 Å². The summed E-state index contributed by atoms with van der Waals surface area (Å²) < 4.78 is 0. The monoisotopic (exact) mass is 252 g/mol. The number of hydrogen-bond acceptors (Lipinski definition) is 4. The van der Waals surface area contributed by atoms with Crippen LogP contribution < -0.4 is 0 Å². The highest BCUT2D eigenvalue weighted by Gasteiger charge is 2.07. The van der Waals surface area contributed by atoms with Gasteiger partial charge in [-0.15, -0.1) is 0 Å². The summed E-state index contributed by atoms with van der Waals surface area (Å²) in [6, 6.07) is 5.50. The molecule has 0 bridgehead atoms. The van der Waals surface area contributed by atoms with Crippen LogP contribution in [0.15, 0.2) is 46.7 Å². The van der Waals surface area contributed by atoms with Gasteiger partial charge in [0.2, 0.25) is 0 Å². The quantitative estimate of drug-likeness (QED) is 0.913. The van der Waals surface area contributed by atoms with Gasteiger partial charge in [0.15, 0.2) is 0 Å². The summed E-state index contributed by atoms with van der Waals surface area (Å²) in [4.78, 5) is 9.03. The van der Waals surface area contributed by atoms with Gasteiger partial charge in [-0.05, 0) is 12.1 Å². The standard InChI is InChI=1S/C11H9ClN2OS/c12-9-2-1-3-10(8(9)7-15)16-11-6-13-4-5-14-11/h1-6,15H,7H2. The predicted molar refractivity (Wildman–Crippen MR) is 63.5 cm³/mol. The van der Waals surface area contributed by atoms with Crippen LogP contribution in [-0.4, -0.2) is 15.1 Å². The van der Waals surface area contributed by atoms with E-state index < -0.39 is 0 Å². The van der Waals surface area contributed by atoms with Crippen molar-refractivity contribution in [3.63, 3.8) is 0 Å². The normalized spacial score (nSPS) is 10.4. The highest BCUT2D eigenvalue weighted by atomic mass is 35.5. The van der Waals surface area contributed by atoms with Gasteiger partial charge in [0.25, 0.3) is 0 Å². The minimum Gasteiger partial charge on any atom is -0.392 e. The number of halogens is 1. The summed E-state index contributed by atoms with van der Waals surface area (Å²) >= 11 is 7.42. The lowest BCUT2D eigenvalue weighted by atomic mass is 10.2. The molecule has 0 aliphatic heterocycles. The fourth-order valence-corrected chi connectivity index (χ4v) is 2.43. The Hall–Kier alpha value is -1.10. The summed E-state index contributed by atoms with van der Waals surface area (Å²) in [5, 5.41) is 10.6. The van der Waals surface area contributed by atoms with Crippen molar-refractivity contribution in [3.05, 3.63) is 47.4 Å². The molecule has 0 unspecified atom stereocenters. The van der Waals surface area contributed by atoms with Crippen molar-refractivity contribution in [2.45, 2.75) is 16.5 Å². The van der Waals surface area contributed by atoms with Gasteiger partial charge in [0.1, 0.15) is 5.03 Å². The summed E-state index contributed by atoms with van der Waals surface area (Å²) in [6.45, 7) is -0.0811. The second kappa shape index (κ2) is 5.30. The van der Waals surface area contributed by atoms with E-state index in [2.05, 4.69) is 9.97 Å². The molecular weight excluding hydrogens is 244 g/mol. The molecule has 82 valence electrons. The number of aliphatic hydroxyl groups excluding tert-OH is 1. The Morgan fingerprint density at radius 3 is 2.88 bits per heavy atom. The largest absolute Gasteiger partial charge is 0.392 e. The van der Waals surface area contributed by atoms with E-state index in [4.69, 9.17) is 11.6 Å². The van der Waals surface area contributed by atoms with Gasteiger partial charge >= 0.3 is 0 Å². The summed E-state index contributed by atoms with van der Waals surface area (Å²) in [6.07, 6.45) is 4.92. The van der Waals surface area contributed by atoms with Gasteiger partial charge in [0.05, 0.1) is 12.8 Å². The van der Waals surface area contributed by atoms with Crippen LogP contribution >= 0.6 is 23.4 Å². The Balaban J connectivity index is 2.31. The molecule has 0 saturated heterocycles. The first-order chi connectivity index (χ1) is 7.81. The third kappa shape index (κ3) is 2.52. The molecule has 2 aromatic rings. The molecular formula is C11H9ClN2OS. The van der Waals surface area contributed by atoms with E-state index in [0.717, 1.165) is 15.5 Å². The van der Waals surface area contributed by atoms with Crippen LogP contribution in [0.5, 0.6) is 0 Å². The predicted octanol–water partition coefficient (Wildman–Crippen LogP) is 2.77. The number of nitrogens with zero attached hydrogens (tertiary/aromatic N) is 2. The molecule has 0 amide bonds. The fourth-order valence-electron chi connectivity index (χ4n) is 1.24. The van der Waals surface area contributed by atoms with E-state index in [1.165, 1.54) is 11.8 Å². The topological polar surface area (TPSA) is 46.0 Å². The first-order valence-corrected chi connectivity index (χ1v) is 5.83. The minimum atomic E-state index is -0.0811. The number of benzene rings is 1. The zero-order chi connectivity index (χ0) is 11.4. The molecule has 1 aromatic heterocycles. The van der Waals surface area contributed by atoms with Crippen molar-refractivity contribution in [1.82, 2.24) is 9.97 Å². The van der Waals surface area contributed by atoms with E-state index in [-0.39, 0.29) is 6.61 Å². The van der Waals surface area contributed by atoms with Gasteiger partial charge in [-0.3, -0.25) is 4.98 Å². The third-order valence-electron chi connectivity index (χ3n) is 1.99. The van der Waals surface area contributed by atoms with Crippen LogP contribution in [0.2, 0.25) is 5.02 Å². The Morgan fingerprint density at radius 2 is 2.19 bits per heavy atom. The van der Waals surface area contributed by atoms with Crippen molar-refractivity contribution in [2.75, 3.05) is 0 Å². The van der Waals surface area contributed by atoms with E-state index in [0.29, 0.717) is 5.02 Å². The van der Waals surface area contributed by atoms with E-state index in [1.807, 2.05) is 12.1 Å². The van der Waals surface area contributed by atoms with Crippen LogP contribution in [-0.2, 0) is 6.61 Å². The molecule has 16 heavy (non-hydrogen) atoms. The van der Waals surface area contributed by atoms with Crippen LogP contribution in [0.25, 0.3) is 0 Å². The Kier molecular flexibility index (Phi) is 3.77. The number of rotatable bonds is 3. The van der Waals surface area contributed by atoms with Gasteiger partial charge in [-0.1, -0.05) is 29.4 Å². The third-order valence-corrected chi connectivity index (χ3v) is 3.36. The van der Waals surface area contributed by atoms with Gasteiger partial charge < -0.3 is 5.11 Å². The number of aliphatic hydroxyl groups is 1. The number of aromatic nitrogens is 2. The van der Waals surface area contributed by atoms with Gasteiger partial charge in [0, 0.05) is 27.9 Å². The maximum Gasteiger partial charge on any atom is 0.119 e. The van der Waals surface area contributed by atoms with Crippen LogP contribution in [0.1, 0.15) is 5.56 Å². The van der Waals surface area contributed by atoms with Gasteiger partial charge in [-0.2, -0.15) is 0 Å². The lowest BCUT2D eigenvalue weighted by Crippen LogP contribution is -1.90. The Bertz CT molecular complexity index is 479. The second-order valence-electron chi connectivity index (χ2n) is 3.02. The average molecular weight is 253 g/mol. The van der Waals surface area contributed by atoms with Crippen molar-refractivity contribution >= 4 is 23.4 Å². The molecule has 0 saturated carbocycles. The summed E-state index contributed by atoms with van der Waals surface area (Å²) in [7, 11) is 0.